The van der Waals surface area contributed by atoms with Gasteiger partial charge in [0.1, 0.15) is 11.1 Å². The predicted octanol–water partition coefficient (Wildman–Crippen LogP) is 0.877. The summed E-state index contributed by atoms with van der Waals surface area (Å²) in [7, 11) is 0. The van der Waals surface area contributed by atoms with E-state index >= 15 is 0 Å². The molecule has 2 nitrogen and oxygen atoms in total. The van der Waals surface area contributed by atoms with Gasteiger partial charge in [-0.1, -0.05) is 19.1 Å². The summed E-state index contributed by atoms with van der Waals surface area (Å²) in [5, 5.41) is 11.6. The Labute approximate surface area is 77.2 Å². The van der Waals surface area contributed by atoms with E-state index in [-0.39, 0.29) is 5.92 Å². The lowest BCUT2D eigenvalue weighted by molar-refractivity contribution is 0.432. The number of nitrogens with zero attached hydrogens (tertiary/aromatic N) is 1. The van der Waals surface area contributed by atoms with Gasteiger partial charge in [0.25, 0.3) is 0 Å². The Morgan fingerprint density at radius 1 is 1.46 bits per heavy atom. The number of aromatic nitrogens is 1. The average molecular weight is 175 g/mol. The number of aliphatic hydroxyl groups is 1. The van der Waals surface area contributed by atoms with Gasteiger partial charge in [-0.3, -0.25) is 0 Å². The van der Waals surface area contributed by atoms with Gasteiger partial charge in [0.2, 0.25) is 0 Å². The van der Waals surface area contributed by atoms with Crippen molar-refractivity contribution in [2.75, 3.05) is 0 Å². The SMILES string of the molecule is Cc1ccc2c(n1)=C(O)C(C)CC=2. The molecule has 0 aromatic carbocycles. The molecule has 2 heteroatoms. The van der Waals surface area contributed by atoms with E-state index in [9.17, 15) is 5.11 Å². The Hall–Kier alpha value is -1.31. The molecular formula is C11H13NO. The van der Waals surface area contributed by atoms with Crippen molar-refractivity contribution in [1.82, 2.24) is 4.98 Å². The van der Waals surface area contributed by atoms with E-state index < -0.39 is 0 Å². The van der Waals surface area contributed by atoms with Crippen LogP contribution in [0.25, 0.3) is 11.8 Å². The monoisotopic (exact) mass is 175 g/mol. The van der Waals surface area contributed by atoms with Crippen LogP contribution in [0.5, 0.6) is 0 Å². The summed E-state index contributed by atoms with van der Waals surface area (Å²) in [6.07, 6.45) is 3.04. The fourth-order valence-electron chi connectivity index (χ4n) is 1.59. The maximum atomic E-state index is 9.79. The highest BCUT2D eigenvalue weighted by molar-refractivity contribution is 5.44. The fraction of sp³-hybridized carbons (Fsp3) is 0.364. The third kappa shape index (κ3) is 1.32. The first kappa shape index (κ1) is 8.30. The third-order valence-corrected chi connectivity index (χ3v) is 2.47. The molecule has 0 fully saturated rings. The molecule has 0 radical (unpaired) electrons. The van der Waals surface area contributed by atoms with Gasteiger partial charge in [-0.25, -0.2) is 4.98 Å². The number of aryl methyl sites for hydroxylation is 1. The summed E-state index contributed by atoms with van der Waals surface area (Å²) < 4.78 is 0. The van der Waals surface area contributed by atoms with Crippen molar-refractivity contribution in [3.63, 3.8) is 0 Å². The molecule has 1 unspecified atom stereocenters. The summed E-state index contributed by atoms with van der Waals surface area (Å²) in [6.45, 7) is 3.95. The van der Waals surface area contributed by atoms with Crippen LogP contribution in [0.1, 0.15) is 19.0 Å². The van der Waals surface area contributed by atoms with Gasteiger partial charge in [0, 0.05) is 11.6 Å². The van der Waals surface area contributed by atoms with Crippen molar-refractivity contribution in [3.05, 3.63) is 28.4 Å². The first-order chi connectivity index (χ1) is 6.18. The molecule has 0 saturated heterocycles. The van der Waals surface area contributed by atoms with Gasteiger partial charge in [-0.2, -0.15) is 0 Å². The minimum Gasteiger partial charge on any atom is -0.510 e. The summed E-state index contributed by atoms with van der Waals surface area (Å²) in [6, 6.07) is 3.98. The molecule has 1 atom stereocenters. The minimum atomic E-state index is 0.210. The molecule has 1 aliphatic carbocycles. The highest BCUT2D eigenvalue weighted by Gasteiger charge is 2.12. The van der Waals surface area contributed by atoms with Gasteiger partial charge in [0.05, 0.1) is 0 Å². The zero-order chi connectivity index (χ0) is 9.42. The Kier molecular flexibility index (Phi) is 1.83. The van der Waals surface area contributed by atoms with E-state index in [4.69, 9.17) is 0 Å². The molecule has 1 heterocycles. The van der Waals surface area contributed by atoms with E-state index in [1.807, 2.05) is 26.0 Å². The summed E-state index contributed by atoms with van der Waals surface area (Å²) in [5.74, 6) is 0.642. The molecule has 13 heavy (non-hydrogen) atoms. The van der Waals surface area contributed by atoms with Gasteiger partial charge >= 0.3 is 0 Å². The van der Waals surface area contributed by atoms with E-state index in [1.165, 1.54) is 0 Å². The maximum Gasteiger partial charge on any atom is 0.122 e. The lowest BCUT2D eigenvalue weighted by Crippen LogP contribution is -2.35. The molecule has 1 aliphatic rings. The third-order valence-electron chi connectivity index (χ3n) is 2.47. The van der Waals surface area contributed by atoms with Gasteiger partial charge in [0.15, 0.2) is 0 Å². The zero-order valence-corrected chi connectivity index (χ0v) is 7.91. The van der Waals surface area contributed by atoms with Crippen LogP contribution in [0.2, 0.25) is 0 Å². The van der Waals surface area contributed by atoms with Crippen LogP contribution in [-0.4, -0.2) is 10.1 Å². The molecule has 1 aromatic rings. The quantitative estimate of drug-likeness (QED) is 0.635. The normalized spacial score (nSPS) is 20.8. The van der Waals surface area contributed by atoms with Crippen molar-refractivity contribution in [3.8, 4) is 0 Å². The smallest absolute Gasteiger partial charge is 0.122 e. The van der Waals surface area contributed by atoms with Crippen molar-refractivity contribution < 1.29 is 5.11 Å². The molecule has 0 amide bonds. The Morgan fingerprint density at radius 2 is 2.23 bits per heavy atom. The molecular weight excluding hydrogens is 162 g/mol. The van der Waals surface area contributed by atoms with Crippen molar-refractivity contribution in [2.24, 2.45) is 5.92 Å². The lowest BCUT2D eigenvalue weighted by atomic mass is 9.99. The van der Waals surface area contributed by atoms with Gasteiger partial charge in [-0.05, 0) is 24.6 Å². The topological polar surface area (TPSA) is 33.1 Å². The molecule has 0 bridgehead atoms. The molecule has 0 spiro atoms. The Morgan fingerprint density at radius 3 is 3.00 bits per heavy atom. The van der Waals surface area contributed by atoms with E-state index in [0.29, 0.717) is 5.76 Å². The molecule has 1 aromatic heterocycles. The van der Waals surface area contributed by atoms with E-state index in [2.05, 4.69) is 11.1 Å². The largest absolute Gasteiger partial charge is 0.510 e. The fourth-order valence-corrected chi connectivity index (χ4v) is 1.59. The van der Waals surface area contributed by atoms with Crippen LogP contribution in [0.4, 0.5) is 0 Å². The van der Waals surface area contributed by atoms with Crippen LogP contribution < -0.4 is 10.6 Å². The van der Waals surface area contributed by atoms with E-state index in [1.54, 1.807) is 0 Å². The summed E-state index contributed by atoms with van der Waals surface area (Å²) in [4.78, 5) is 4.33. The summed E-state index contributed by atoms with van der Waals surface area (Å²) >= 11 is 0. The van der Waals surface area contributed by atoms with Crippen LogP contribution in [0.15, 0.2) is 12.1 Å². The summed E-state index contributed by atoms with van der Waals surface area (Å²) in [5.41, 5.74) is 0.952. The Balaban J connectivity index is 2.83. The predicted molar refractivity (Wildman–Crippen MR) is 52.5 cm³/mol. The van der Waals surface area contributed by atoms with Gasteiger partial charge in [-0.15, -0.1) is 0 Å². The second-order valence-electron chi connectivity index (χ2n) is 3.62. The van der Waals surface area contributed by atoms with Gasteiger partial charge < -0.3 is 5.11 Å². The molecule has 2 rings (SSSR count). The van der Waals surface area contributed by atoms with Crippen molar-refractivity contribution in [2.45, 2.75) is 20.3 Å². The second-order valence-corrected chi connectivity index (χ2v) is 3.62. The lowest BCUT2D eigenvalue weighted by Gasteiger charge is -2.12. The second kappa shape index (κ2) is 2.87. The minimum absolute atomic E-state index is 0.210. The number of pyridine rings is 1. The highest BCUT2D eigenvalue weighted by atomic mass is 16.3. The first-order valence-electron chi connectivity index (χ1n) is 4.55. The van der Waals surface area contributed by atoms with Crippen LogP contribution in [0, 0.1) is 12.8 Å². The standard InChI is InChI=1S/C11H13NO/c1-7-3-5-9-6-4-8(2)12-10(9)11(7)13/h4-7,13H,3H2,1-2H3. The number of hydrogen-bond donors (Lipinski definition) is 1. The molecule has 1 N–H and O–H groups in total. The maximum absolute atomic E-state index is 9.79. The van der Waals surface area contributed by atoms with Crippen molar-refractivity contribution >= 4 is 11.8 Å². The van der Waals surface area contributed by atoms with Crippen molar-refractivity contribution in [1.29, 1.82) is 0 Å². The van der Waals surface area contributed by atoms with Crippen LogP contribution >= 0.6 is 0 Å². The number of fused-ring (bicyclic) bond motifs is 1. The molecule has 68 valence electrons. The first-order valence-corrected chi connectivity index (χ1v) is 4.55. The zero-order valence-electron chi connectivity index (χ0n) is 7.91. The molecule has 0 aliphatic heterocycles. The Bertz CT molecular complexity index is 448. The van der Waals surface area contributed by atoms with Crippen LogP contribution in [0.3, 0.4) is 0 Å². The number of hydrogen-bond acceptors (Lipinski definition) is 2. The van der Waals surface area contributed by atoms with Crippen LogP contribution in [-0.2, 0) is 0 Å². The highest BCUT2D eigenvalue weighted by Crippen LogP contribution is 2.13. The average Bonchev–Trinajstić information content (AvgIpc) is 2.12. The number of aliphatic hydroxyl groups excluding tert-OH is 1. The number of rotatable bonds is 0. The molecule has 0 saturated carbocycles. The van der Waals surface area contributed by atoms with E-state index in [0.717, 1.165) is 22.7 Å².